The van der Waals surface area contributed by atoms with E-state index in [9.17, 15) is 9.59 Å². The molecule has 1 heterocycles. The third-order valence-electron chi connectivity index (χ3n) is 4.66. The van der Waals surface area contributed by atoms with Crippen LogP contribution < -0.4 is 5.32 Å². The van der Waals surface area contributed by atoms with Gasteiger partial charge in [-0.05, 0) is 38.4 Å². The summed E-state index contributed by atoms with van der Waals surface area (Å²) in [4.78, 5) is 32.6. The fourth-order valence-electron chi connectivity index (χ4n) is 2.96. The number of carbonyl (C=O) groups is 2. The van der Waals surface area contributed by atoms with Crippen LogP contribution in [0.5, 0.6) is 0 Å². The zero-order valence-electron chi connectivity index (χ0n) is 17.0. The molecule has 0 spiro atoms. The molecule has 6 nitrogen and oxygen atoms in total. The molecule has 3 rings (SSSR count). The van der Waals surface area contributed by atoms with Gasteiger partial charge in [0.25, 0.3) is 11.8 Å². The molecule has 0 aliphatic carbocycles. The summed E-state index contributed by atoms with van der Waals surface area (Å²) in [5, 5.41) is 3.80. The van der Waals surface area contributed by atoms with E-state index in [0.29, 0.717) is 12.1 Å². The molecule has 0 unspecified atom stereocenters. The molecule has 3 aromatic rings. The SMILES string of the molecule is CN(C)CCN(C)C(=O)/C(=C\c1c[nH]c2ccccc12)NC(=O)c1ccccc1. The van der Waals surface area contributed by atoms with Gasteiger partial charge in [0.15, 0.2) is 0 Å². The molecule has 0 bridgehead atoms. The lowest BCUT2D eigenvalue weighted by Crippen LogP contribution is -2.39. The Morgan fingerprint density at radius 2 is 1.66 bits per heavy atom. The summed E-state index contributed by atoms with van der Waals surface area (Å²) in [7, 11) is 5.65. The van der Waals surface area contributed by atoms with Crippen LogP contribution in [-0.4, -0.2) is 60.8 Å². The van der Waals surface area contributed by atoms with Gasteiger partial charge in [0, 0.05) is 48.4 Å². The number of rotatable bonds is 7. The standard InChI is InChI=1S/C23H26N4O2/c1-26(2)13-14-27(3)23(29)21(25-22(28)17-9-5-4-6-10-17)15-18-16-24-20-12-8-7-11-19(18)20/h4-12,15-16,24H,13-14H2,1-3H3,(H,25,28)/b21-15+. The van der Waals surface area contributed by atoms with Gasteiger partial charge in [-0.1, -0.05) is 36.4 Å². The number of fused-ring (bicyclic) bond motifs is 1. The van der Waals surface area contributed by atoms with E-state index in [-0.39, 0.29) is 17.5 Å². The number of hydrogen-bond acceptors (Lipinski definition) is 3. The quantitative estimate of drug-likeness (QED) is 0.610. The lowest BCUT2D eigenvalue weighted by molar-refractivity contribution is -0.126. The third-order valence-corrected chi connectivity index (χ3v) is 4.66. The highest BCUT2D eigenvalue weighted by molar-refractivity contribution is 6.06. The third kappa shape index (κ3) is 5.12. The molecule has 0 aliphatic heterocycles. The van der Waals surface area contributed by atoms with Crippen LogP contribution in [0.1, 0.15) is 15.9 Å². The number of para-hydroxylation sites is 1. The first kappa shape index (κ1) is 20.4. The van der Waals surface area contributed by atoms with E-state index in [4.69, 9.17) is 0 Å². The molecule has 0 fully saturated rings. The Morgan fingerprint density at radius 1 is 0.966 bits per heavy atom. The van der Waals surface area contributed by atoms with Crippen LogP contribution in [0.4, 0.5) is 0 Å². The summed E-state index contributed by atoms with van der Waals surface area (Å²) in [5.74, 6) is -0.549. The minimum absolute atomic E-state index is 0.235. The molecule has 1 aromatic heterocycles. The number of aromatic amines is 1. The van der Waals surface area contributed by atoms with Crippen LogP contribution in [0.2, 0.25) is 0 Å². The average molecular weight is 390 g/mol. The number of nitrogens with one attached hydrogen (secondary N) is 2. The Balaban J connectivity index is 1.92. The van der Waals surface area contributed by atoms with Crippen molar-refractivity contribution in [3.8, 4) is 0 Å². The maximum atomic E-state index is 13.1. The second-order valence-electron chi connectivity index (χ2n) is 7.20. The van der Waals surface area contributed by atoms with Gasteiger partial charge >= 0.3 is 0 Å². The van der Waals surface area contributed by atoms with Crippen molar-refractivity contribution in [2.75, 3.05) is 34.2 Å². The predicted octanol–water partition coefficient (Wildman–Crippen LogP) is 2.96. The molecule has 2 amide bonds. The number of benzene rings is 2. The van der Waals surface area contributed by atoms with Gasteiger partial charge in [-0.15, -0.1) is 0 Å². The molecule has 0 radical (unpaired) electrons. The molecule has 0 aliphatic rings. The largest absolute Gasteiger partial charge is 0.361 e. The van der Waals surface area contributed by atoms with E-state index in [1.165, 1.54) is 0 Å². The maximum absolute atomic E-state index is 13.1. The summed E-state index contributed by atoms with van der Waals surface area (Å²) in [6.45, 7) is 1.29. The molecule has 0 saturated heterocycles. The highest BCUT2D eigenvalue weighted by Gasteiger charge is 2.19. The second-order valence-corrected chi connectivity index (χ2v) is 7.20. The fraction of sp³-hybridized carbons (Fsp3) is 0.217. The lowest BCUT2D eigenvalue weighted by atomic mass is 10.1. The second kappa shape index (κ2) is 9.21. The molecule has 150 valence electrons. The zero-order chi connectivity index (χ0) is 20.8. The van der Waals surface area contributed by atoms with Gasteiger partial charge in [0.1, 0.15) is 5.70 Å². The minimum atomic E-state index is -0.314. The van der Waals surface area contributed by atoms with Crippen LogP contribution in [0, 0.1) is 0 Å². The molecule has 29 heavy (non-hydrogen) atoms. The smallest absolute Gasteiger partial charge is 0.270 e. The zero-order valence-corrected chi connectivity index (χ0v) is 17.0. The first-order valence-electron chi connectivity index (χ1n) is 9.50. The average Bonchev–Trinajstić information content (AvgIpc) is 3.14. The molecule has 2 aromatic carbocycles. The Hall–Kier alpha value is -3.38. The van der Waals surface area contributed by atoms with Gasteiger partial charge < -0.3 is 20.1 Å². The van der Waals surface area contributed by atoms with E-state index in [0.717, 1.165) is 23.0 Å². The number of carbonyl (C=O) groups excluding carboxylic acids is 2. The fourth-order valence-corrected chi connectivity index (χ4v) is 2.96. The van der Waals surface area contributed by atoms with Crippen molar-refractivity contribution in [1.29, 1.82) is 0 Å². The van der Waals surface area contributed by atoms with E-state index in [1.54, 1.807) is 42.3 Å². The van der Waals surface area contributed by atoms with Crippen molar-refractivity contribution in [3.05, 3.63) is 77.6 Å². The van der Waals surface area contributed by atoms with Gasteiger partial charge in [0.05, 0.1) is 0 Å². The predicted molar refractivity (Wildman–Crippen MR) is 116 cm³/mol. The molecule has 0 atom stereocenters. The summed E-state index contributed by atoms with van der Waals surface area (Å²) in [5.41, 5.74) is 2.56. The van der Waals surface area contributed by atoms with Gasteiger partial charge in [-0.2, -0.15) is 0 Å². The number of nitrogens with zero attached hydrogens (tertiary/aromatic N) is 2. The van der Waals surface area contributed by atoms with E-state index >= 15 is 0 Å². The molecule has 2 N–H and O–H groups in total. The van der Waals surface area contributed by atoms with Crippen LogP contribution in [0.15, 0.2) is 66.5 Å². The Labute approximate surface area is 170 Å². The molecule has 6 heteroatoms. The normalized spacial score (nSPS) is 11.7. The molecular weight excluding hydrogens is 364 g/mol. The van der Waals surface area contributed by atoms with Crippen LogP contribution in [0.25, 0.3) is 17.0 Å². The highest BCUT2D eigenvalue weighted by Crippen LogP contribution is 2.20. The highest BCUT2D eigenvalue weighted by atomic mass is 16.2. The number of aromatic nitrogens is 1. The lowest BCUT2D eigenvalue weighted by Gasteiger charge is -2.21. The van der Waals surface area contributed by atoms with Crippen molar-refractivity contribution in [2.24, 2.45) is 0 Å². The topological polar surface area (TPSA) is 68.4 Å². The first-order chi connectivity index (χ1) is 14.0. The van der Waals surface area contributed by atoms with Crippen molar-refractivity contribution in [3.63, 3.8) is 0 Å². The number of amides is 2. The monoisotopic (exact) mass is 390 g/mol. The Bertz CT molecular complexity index is 1020. The van der Waals surface area contributed by atoms with Gasteiger partial charge in [0.2, 0.25) is 0 Å². The van der Waals surface area contributed by atoms with Gasteiger partial charge in [-0.3, -0.25) is 9.59 Å². The van der Waals surface area contributed by atoms with Crippen LogP contribution >= 0.6 is 0 Å². The number of H-pyrrole nitrogens is 1. The van der Waals surface area contributed by atoms with Crippen molar-refractivity contribution < 1.29 is 9.59 Å². The van der Waals surface area contributed by atoms with E-state index in [2.05, 4.69) is 10.3 Å². The van der Waals surface area contributed by atoms with Crippen LogP contribution in [0.3, 0.4) is 0 Å². The number of likely N-dealkylation sites (N-methyl/N-ethyl adjacent to an activating group) is 2. The van der Waals surface area contributed by atoms with Crippen LogP contribution in [-0.2, 0) is 4.79 Å². The summed E-state index contributed by atoms with van der Waals surface area (Å²) in [6, 6.07) is 16.7. The molecule has 0 saturated carbocycles. The summed E-state index contributed by atoms with van der Waals surface area (Å²) in [6.07, 6.45) is 3.57. The Morgan fingerprint density at radius 3 is 2.38 bits per heavy atom. The number of hydrogen-bond donors (Lipinski definition) is 2. The summed E-state index contributed by atoms with van der Waals surface area (Å²) >= 11 is 0. The van der Waals surface area contributed by atoms with E-state index in [1.807, 2.05) is 55.5 Å². The van der Waals surface area contributed by atoms with Crippen molar-refractivity contribution >= 4 is 28.8 Å². The van der Waals surface area contributed by atoms with Crippen molar-refractivity contribution in [2.45, 2.75) is 0 Å². The van der Waals surface area contributed by atoms with E-state index < -0.39 is 0 Å². The van der Waals surface area contributed by atoms with Crippen molar-refractivity contribution in [1.82, 2.24) is 20.1 Å². The maximum Gasteiger partial charge on any atom is 0.270 e. The Kier molecular flexibility index (Phi) is 6.46. The first-order valence-corrected chi connectivity index (χ1v) is 9.50. The minimum Gasteiger partial charge on any atom is -0.361 e. The molecular formula is C23H26N4O2. The summed E-state index contributed by atoms with van der Waals surface area (Å²) < 4.78 is 0. The van der Waals surface area contributed by atoms with Gasteiger partial charge in [-0.25, -0.2) is 0 Å².